The van der Waals surface area contributed by atoms with Crippen LogP contribution in [0.2, 0.25) is 0 Å². The van der Waals surface area contributed by atoms with Gasteiger partial charge in [0.15, 0.2) is 0 Å². The Morgan fingerprint density at radius 3 is 0.780 bits per heavy atom. The van der Waals surface area contributed by atoms with E-state index in [-0.39, 0.29) is 24.5 Å². The lowest BCUT2D eigenvalue weighted by atomic mass is 10.1. The zero-order valence-electron chi connectivity index (χ0n) is 103. The molecule has 150 heavy (non-hydrogen) atoms. The van der Waals surface area contributed by atoms with E-state index in [4.69, 9.17) is 22.3 Å². The Hall–Kier alpha value is -9.39. The maximum absolute atomic E-state index is 12.2. The van der Waals surface area contributed by atoms with Gasteiger partial charge in [-0.15, -0.1) is 130 Å². The number of esters is 3. The molecule has 0 heterocycles. The fraction of sp³-hybridized carbons (Fsp3) is 0.623. The minimum absolute atomic E-state index is 0.0892. The second-order valence-electron chi connectivity index (χ2n) is 35.4. The highest BCUT2D eigenvalue weighted by atomic mass is 19.1. The molecule has 1 rings (SSSR count). The molecule has 12 heteroatoms. The number of ketones is 5. The van der Waals surface area contributed by atoms with E-state index in [1.165, 1.54) is 204 Å². The van der Waals surface area contributed by atoms with Crippen molar-refractivity contribution in [2.45, 2.75) is 537 Å². The van der Waals surface area contributed by atoms with Crippen molar-refractivity contribution in [2.75, 3.05) is 19.8 Å². The number of alkyl halides is 1. The number of aryl methyl sites for hydroxylation is 1. The van der Waals surface area contributed by atoms with Crippen molar-refractivity contribution in [3.8, 4) is 24.7 Å². The molecule has 0 bridgehead atoms. The summed E-state index contributed by atoms with van der Waals surface area (Å²) in [6.07, 6.45) is 104. The van der Waals surface area contributed by atoms with E-state index in [0.29, 0.717) is 74.2 Å². The Morgan fingerprint density at radius 2 is 0.573 bits per heavy atom. The predicted octanol–water partition coefficient (Wildman–Crippen LogP) is 44.5. The van der Waals surface area contributed by atoms with Crippen LogP contribution in [0, 0.1) is 37.5 Å². The first-order valence-electron chi connectivity index (χ1n) is 57.7. The molecule has 0 aliphatic heterocycles. The summed E-state index contributed by atoms with van der Waals surface area (Å²) in [5.74, 6) is 7.06. The van der Waals surface area contributed by atoms with Gasteiger partial charge in [0.25, 0.3) is 0 Å². The number of halogens is 1. The number of allylic oxidation sites excluding steroid dienone is 16. The number of unbranched alkanes of at least 4 members (excludes halogenated alkanes) is 35. The van der Waals surface area contributed by atoms with Crippen LogP contribution in [0.3, 0.4) is 0 Å². The maximum Gasteiger partial charge on any atom is 0.305 e. The Balaban J connectivity index is -0.0000000717. The summed E-state index contributed by atoms with van der Waals surface area (Å²) in [6, 6.07) is 8.26. The lowest BCUT2D eigenvalue weighted by Gasteiger charge is -2.03. The summed E-state index contributed by atoms with van der Waals surface area (Å²) in [6.45, 7) is 104. The van der Waals surface area contributed by atoms with Gasteiger partial charge < -0.3 is 33.4 Å². The first kappa shape index (κ1) is 185. The molecule has 0 aliphatic rings. The van der Waals surface area contributed by atoms with E-state index < -0.39 is 6.17 Å². The molecule has 0 radical (unpaired) electrons. The van der Waals surface area contributed by atoms with Crippen LogP contribution in [-0.2, 0) is 52.6 Å². The fourth-order valence-corrected chi connectivity index (χ4v) is 9.94. The lowest BCUT2D eigenvalue weighted by Crippen LogP contribution is -2.11. The van der Waals surface area contributed by atoms with Gasteiger partial charge in [-0.1, -0.05) is 351 Å². The summed E-state index contributed by atoms with van der Waals surface area (Å²) in [5, 5.41) is 0. The third-order valence-corrected chi connectivity index (χ3v) is 18.7. The molecular weight excluding hydrogens is 1850 g/mol. The molecular formula is C138H249FO11. The number of rotatable bonds is 70. The zero-order chi connectivity index (χ0) is 119. The van der Waals surface area contributed by atoms with Gasteiger partial charge in [0.2, 0.25) is 0 Å². The van der Waals surface area contributed by atoms with Gasteiger partial charge in [0.1, 0.15) is 41.7 Å². The van der Waals surface area contributed by atoms with Gasteiger partial charge in [-0.2, -0.15) is 0 Å². The normalized spacial score (nSPS) is 8.84. The van der Waals surface area contributed by atoms with E-state index in [9.17, 15) is 42.7 Å². The highest BCUT2D eigenvalue weighted by molar-refractivity contribution is 5.78. The minimum Gasteiger partial charge on any atom is -0.466 e. The molecule has 1 unspecified atom stereocenters. The van der Waals surface area contributed by atoms with E-state index in [1.807, 2.05) is 134 Å². The number of Topliss-reactive ketones (excluding diaryl/α,β-unsaturated/α-hetero) is 5. The summed E-state index contributed by atoms with van der Waals surface area (Å²) in [5.41, 5.74) is 2.47. The molecule has 0 saturated carbocycles. The van der Waals surface area contributed by atoms with Crippen molar-refractivity contribution in [2.24, 2.45) is 5.92 Å². The molecule has 0 fully saturated rings. The second-order valence-corrected chi connectivity index (χ2v) is 35.4. The SMILES string of the molecule is C#CCCC=C.C#CCCCCCC=C.C=CC.C=CC.C=CC.C=CC.C=CCCC.C=CCCCC.C=CCCCC(=O)OCC.C=CCCCC(=O)OCC(C)F.C=CCCCC(=O)OCCC.C=CCCCCC(C)=O.C=CCCCCCCC.C=CCCCCCCC(C)=O.C=CCCCCCCC(C)=O.C=CCCCCCCCCCC(C)=O.C=Cc1cccc(C)c1.CCC(=O)CC.CCC(C)C.CCCCC. The maximum atomic E-state index is 12.2. The van der Waals surface area contributed by atoms with E-state index in [1.54, 1.807) is 64.2 Å². The van der Waals surface area contributed by atoms with Crippen LogP contribution in [0.5, 0.6) is 0 Å². The lowest BCUT2D eigenvalue weighted by molar-refractivity contribution is -0.145. The summed E-state index contributed by atoms with van der Waals surface area (Å²) >= 11 is 0. The van der Waals surface area contributed by atoms with Crippen molar-refractivity contribution >= 4 is 52.9 Å². The molecule has 0 N–H and O–H groups in total. The molecule has 1 atom stereocenters. The molecule has 0 amide bonds. The van der Waals surface area contributed by atoms with Gasteiger partial charge >= 0.3 is 17.9 Å². The molecule has 0 saturated heterocycles. The summed E-state index contributed by atoms with van der Waals surface area (Å²) in [4.78, 5) is 84.5. The van der Waals surface area contributed by atoms with E-state index in [0.717, 1.165) is 166 Å². The molecule has 1 aromatic carbocycles. The molecule has 0 spiro atoms. The summed E-state index contributed by atoms with van der Waals surface area (Å²) in [7, 11) is 0. The Morgan fingerprint density at radius 1 is 0.313 bits per heavy atom. The van der Waals surface area contributed by atoms with Gasteiger partial charge in [-0.25, -0.2) is 4.39 Å². The average Bonchev–Trinajstić information content (AvgIpc) is 0.935. The first-order chi connectivity index (χ1) is 71.9. The Bertz CT molecular complexity index is 3020. The number of ether oxygens (including phenoxy) is 3. The van der Waals surface area contributed by atoms with Crippen molar-refractivity contribution in [3.63, 3.8) is 0 Å². The standard InChI is InChI=1S/C13H24O.2C10H18O.C9H15FO2.C9H16O2.C9H10.C9H18.C9H14.C8H14O2.C8H14O.C6H12.C6H8.C5H10O.2C5H12.C5H10.4C3H6/c1-3-4-5-6-7-8-9-10-11-12-13(2)14;2*1-3-4-5-6-7-8-9-10(2)11;1-3-4-5-6-9(11)12-7-8(2)10;1-3-5-6-7-9(10)11-8-4-2;1-3-9-6-4-5-8(2)7-9;2*1-3-5-7-9-8-6-4-2;1-3-5-6-7-8(9)10-4-2;1-3-4-5-6-7-8(2)9;2*1-3-5-6-4-2;1-3-5(6)4-2;1-4-5(2)3;2*1-3-5-4-2;4*1-3-2/h3H,1,4-12H2,2H3;2*3H,1,4-9H2,2H3;3,8H,1,4-7H2,2H3;3H,1,4-8H2,2H3;3-7H,1H2,2H3;3H,1,4-9H2,2H3;1,4H,2,5-9H2;3H,1,4-7H2,2H3;3H,1,4-7H2,2H3;3H,1,4-6H2,2H3;1,4H,2,5-6H2;3-4H2,1-2H3;5H,4H2,1-3H3;3-5H2,1-2H3;3H,1,4-5H2,2H3;4*3H,1H2,2H3. The van der Waals surface area contributed by atoms with Gasteiger partial charge in [-0.05, 0) is 261 Å². The van der Waals surface area contributed by atoms with E-state index >= 15 is 0 Å². The third-order valence-electron chi connectivity index (χ3n) is 18.7. The number of hydrogen-bond donors (Lipinski definition) is 0. The van der Waals surface area contributed by atoms with Crippen LogP contribution in [-0.4, -0.2) is 72.8 Å². The number of benzene rings is 1. The molecule has 0 aliphatic carbocycles. The van der Waals surface area contributed by atoms with Crippen LogP contribution < -0.4 is 0 Å². The van der Waals surface area contributed by atoms with Gasteiger partial charge in [-0.3, -0.25) is 19.2 Å². The predicted molar refractivity (Wildman–Crippen MR) is 680 cm³/mol. The molecule has 11 nitrogen and oxygen atoms in total. The smallest absolute Gasteiger partial charge is 0.305 e. The summed E-state index contributed by atoms with van der Waals surface area (Å²) < 4.78 is 26.3. The van der Waals surface area contributed by atoms with Gasteiger partial charge in [0.05, 0.1) is 13.2 Å². The number of carbonyl (C=O) groups is 8. The zero-order valence-corrected chi connectivity index (χ0v) is 103. The quantitative estimate of drug-likeness (QED) is 0.0200. The third kappa shape index (κ3) is 320. The number of terminal acetylenes is 2. The van der Waals surface area contributed by atoms with Gasteiger partial charge in [0, 0.05) is 70.6 Å². The van der Waals surface area contributed by atoms with Crippen molar-refractivity contribution in [1.82, 2.24) is 0 Å². The number of carbonyl (C=O) groups excluding carboxylic acids is 8. The monoisotopic (exact) mass is 2100 g/mol. The average molecular weight is 2100 g/mol. The van der Waals surface area contributed by atoms with Crippen LogP contribution in [0.15, 0.2) is 233 Å². The number of hydrogen-bond acceptors (Lipinski definition) is 11. The van der Waals surface area contributed by atoms with Crippen LogP contribution in [0.25, 0.3) is 6.08 Å². The molecule has 874 valence electrons. The topological polar surface area (TPSA) is 164 Å². The Labute approximate surface area is 936 Å². The fourth-order valence-electron chi connectivity index (χ4n) is 9.94. The Kier molecular flexibility index (Phi) is 252. The molecule has 1 aromatic rings. The highest BCUT2D eigenvalue weighted by Gasteiger charge is 2.06. The second kappa shape index (κ2) is 204. The van der Waals surface area contributed by atoms with Crippen molar-refractivity contribution in [3.05, 3.63) is 244 Å². The van der Waals surface area contributed by atoms with Crippen molar-refractivity contribution in [1.29, 1.82) is 0 Å². The van der Waals surface area contributed by atoms with Crippen LogP contribution in [0.4, 0.5) is 4.39 Å². The van der Waals surface area contributed by atoms with E-state index in [2.05, 4.69) is 203 Å². The van der Waals surface area contributed by atoms with Crippen molar-refractivity contribution < 1.29 is 57.0 Å². The highest BCUT2D eigenvalue weighted by Crippen LogP contribution is 2.13. The largest absolute Gasteiger partial charge is 0.466 e. The first-order valence-corrected chi connectivity index (χ1v) is 57.7. The minimum atomic E-state index is -1.08. The molecule has 0 aromatic heterocycles. The van der Waals surface area contributed by atoms with Crippen LogP contribution >= 0.6 is 0 Å². The van der Waals surface area contributed by atoms with Crippen LogP contribution in [0.1, 0.15) is 535 Å².